The topological polar surface area (TPSA) is 61.0 Å². The van der Waals surface area contributed by atoms with E-state index in [0.717, 1.165) is 0 Å². The van der Waals surface area contributed by atoms with Gasteiger partial charge in [0.05, 0.1) is 0 Å². The number of halogens is 4. The summed E-state index contributed by atoms with van der Waals surface area (Å²) < 4.78 is 0. The van der Waals surface area contributed by atoms with Crippen molar-refractivity contribution in [1.82, 2.24) is 6.15 Å². The monoisotopic (exact) mass is 451 g/mol. The van der Waals surface area contributed by atoms with Crippen molar-refractivity contribution in [2.24, 2.45) is 5.73 Å². The van der Waals surface area contributed by atoms with Gasteiger partial charge in [-0.1, -0.05) is 19.3 Å². The summed E-state index contributed by atoms with van der Waals surface area (Å²) >= 11 is -3.06. The van der Waals surface area contributed by atoms with E-state index < -0.39 is 11.9 Å². The van der Waals surface area contributed by atoms with Gasteiger partial charge in [0.1, 0.15) is 0 Å². The molecule has 0 aromatic heterocycles. The van der Waals surface area contributed by atoms with Crippen LogP contribution in [0.4, 0.5) is 0 Å². The molecule has 0 saturated heterocycles. The Kier molecular flexibility index (Phi) is 11.9. The number of hydrogen-bond donors (Lipinski definition) is 2. The van der Waals surface area contributed by atoms with Crippen molar-refractivity contribution in [2.75, 3.05) is 0 Å². The summed E-state index contributed by atoms with van der Waals surface area (Å²) in [7, 11) is 20.0. The first-order valence-corrected chi connectivity index (χ1v) is 14.9. The van der Waals surface area contributed by atoms with Crippen molar-refractivity contribution in [2.45, 2.75) is 38.1 Å². The average molecular weight is 453 g/mol. The van der Waals surface area contributed by atoms with Gasteiger partial charge in [-0.25, -0.2) is 0 Å². The van der Waals surface area contributed by atoms with Gasteiger partial charge in [-0.15, -0.1) is 0 Å². The molecule has 7 heteroatoms. The van der Waals surface area contributed by atoms with Gasteiger partial charge in [-0.3, -0.25) is 0 Å². The fourth-order valence-electron chi connectivity index (χ4n) is 1.13. The molecule has 0 atom stereocenters. The molecule has 1 fully saturated rings. The predicted octanol–water partition coefficient (Wildman–Crippen LogP) is 4.20. The van der Waals surface area contributed by atoms with Crippen LogP contribution in [0.25, 0.3) is 0 Å². The van der Waals surface area contributed by atoms with E-state index in [1.54, 1.807) is 0 Å². The average Bonchev–Trinajstić information content (AvgIpc) is 1.85. The molecule has 0 heterocycles. The normalized spacial score (nSPS) is 19.5. The van der Waals surface area contributed by atoms with Gasteiger partial charge in [-0.2, -0.15) is 0 Å². The standard InChI is InChI=1S/C6H13N.4ClH.H3N.Pt/c7-6-4-2-1-3-5-6;;;;;;/h6H,1-5,7H2;4*1H;1H3;/q;;;;;;+4/p-4. The predicted molar refractivity (Wildman–Crippen MR) is 59.5 cm³/mol. The molecule has 0 aliphatic heterocycles. The Morgan fingerprint density at radius 2 is 1.23 bits per heavy atom. The van der Waals surface area contributed by atoms with Crippen molar-refractivity contribution in [1.29, 1.82) is 0 Å². The SMILES string of the molecule is N.NC1CCCCC1.[Cl][Pt]([Cl])([Cl])[Cl]. The van der Waals surface area contributed by atoms with Crippen LogP contribution in [0.2, 0.25) is 0 Å². The van der Waals surface area contributed by atoms with Crippen molar-refractivity contribution in [3.63, 3.8) is 0 Å². The van der Waals surface area contributed by atoms with E-state index in [1.165, 1.54) is 32.1 Å². The van der Waals surface area contributed by atoms with Gasteiger partial charge in [-0.05, 0) is 12.8 Å². The summed E-state index contributed by atoms with van der Waals surface area (Å²) in [4.78, 5) is 0. The van der Waals surface area contributed by atoms with Gasteiger partial charge in [0.15, 0.2) is 0 Å². The van der Waals surface area contributed by atoms with Gasteiger partial charge >= 0.3 is 49.6 Å². The molecule has 0 amide bonds. The third-order valence-corrected chi connectivity index (χ3v) is 1.65. The van der Waals surface area contributed by atoms with Crippen molar-refractivity contribution in [3.8, 4) is 0 Å². The molecule has 0 spiro atoms. The second-order valence-electron chi connectivity index (χ2n) is 2.67. The van der Waals surface area contributed by atoms with E-state index in [2.05, 4.69) is 0 Å². The molecule has 2 nitrogen and oxygen atoms in total. The fraction of sp³-hybridized carbons (Fsp3) is 1.00. The van der Waals surface area contributed by atoms with Crippen LogP contribution >= 0.6 is 37.7 Å². The van der Waals surface area contributed by atoms with Gasteiger partial charge in [0.2, 0.25) is 0 Å². The van der Waals surface area contributed by atoms with Crippen molar-refractivity contribution >= 4 is 37.7 Å². The van der Waals surface area contributed by atoms with E-state index in [9.17, 15) is 0 Å². The van der Waals surface area contributed by atoms with Crippen molar-refractivity contribution in [3.05, 3.63) is 0 Å². The summed E-state index contributed by atoms with van der Waals surface area (Å²) in [6.07, 6.45) is 6.66. The molecule has 13 heavy (non-hydrogen) atoms. The molecule has 1 rings (SSSR count). The second-order valence-corrected chi connectivity index (χ2v) is 22.4. The quantitative estimate of drug-likeness (QED) is 0.578. The number of rotatable bonds is 0. The molecule has 0 unspecified atom stereocenters. The van der Waals surface area contributed by atoms with Crippen LogP contribution < -0.4 is 11.9 Å². The molecule has 0 radical (unpaired) electrons. The van der Waals surface area contributed by atoms with E-state index >= 15 is 0 Å². The second kappa shape index (κ2) is 9.03. The van der Waals surface area contributed by atoms with E-state index in [4.69, 9.17) is 43.4 Å². The van der Waals surface area contributed by atoms with Gasteiger partial charge in [0.25, 0.3) is 0 Å². The maximum atomic E-state index is 5.63. The van der Waals surface area contributed by atoms with Crippen LogP contribution in [0, 0.1) is 0 Å². The minimum atomic E-state index is -3.06. The van der Waals surface area contributed by atoms with Crippen LogP contribution in [-0.2, 0) is 11.9 Å². The molecule has 0 aromatic rings. The molecule has 5 N–H and O–H groups in total. The first-order chi connectivity index (χ1) is 5.39. The zero-order chi connectivity index (χ0) is 9.61. The Morgan fingerprint density at radius 1 is 0.923 bits per heavy atom. The summed E-state index contributed by atoms with van der Waals surface area (Å²) in [5.41, 5.74) is 5.63. The molecule has 0 bridgehead atoms. The summed E-state index contributed by atoms with van der Waals surface area (Å²) in [6.45, 7) is 0. The van der Waals surface area contributed by atoms with Crippen LogP contribution in [0.15, 0.2) is 0 Å². The maximum absolute atomic E-state index is 5.63. The van der Waals surface area contributed by atoms with E-state index in [1.807, 2.05) is 0 Å². The molecular weight excluding hydrogens is 437 g/mol. The molecule has 1 saturated carbocycles. The van der Waals surface area contributed by atoms with E-state index in [0.29, 0.717) is 6.04 Å². The first-order valence-electron chi connectivity index (χ1n) is 3.63. The third-order valence-electron chi connectivity index (χ3n) is 1.65. The summed E-state index contributed by atoms with van der Waals surface area (Å²) in [5.74, 6) is 0. The Hall–Kier alpha value is 1.77. The first kappa shape index (κ1) is 17.2. The zero-order valence-electron chi connectivity index (χ0n) is 7.23. The Labute approximate surface area is 98.9 Å². The Balaban J connectivity index is 0. The van der Waals surface area contributed by atoms with Gasteiger partial charge < -0.3 is 11.9 Å². The molecule has 88 valence electrons. The third kappa shape index (κ3) is 20.0. The van der Waals surface area contributed by atoms with Crippen LogP contribution in [0.3, 0.4) is 0 Å². The number of nitrogens with two attached hydrogens (primary N) is 1. The van der Waals surface area contributed by atoms with Crippen LogP contribution in [0.1, 0.15) is 32.1 Å². The molecule has 1 aliphatic rings. The summed E-state index contributed by atoms with van der Waals surface area (Å²) in [6, 6.07) is 0.536. The van der Waals surface area contributed by atoms with E-state index in [-0.39, 0.29) is 6.15 Å². The fourth-order valence-corrected chi connectivity index (χ4v) is 1.13. The van der Waals surface area contributed by atoms with Gasteiger partial charge in [0, 0.05) is 6.04 Å². The minimum absolute atomic E-state index is 0. The molecular formula is C6H16Cl4N2Pt. The Morgan fingerprint density at radius 3 is 1.38 bits per heavy atom. The van der Waals surface area contributed by atoms with Crippen molar-refractivity contribution < 1.29 is 11.9 Å². The molecule has 0 aromatic carbocycles. The van der Waals surface area contributed by atoms with Crippen LogP contribution in [0.5, 0.6) is 0 Å². The molecule has 1 aliphatic carbocycles. The summed E-state index contributed by atoms with van der Waals surface area (Å²) in [5, 5.41) is 0. The van der Waals surface area contributed by atoms with Crippen LogP contribution in [-0.4, -0.2) is 6.04 Å². The Bertz CT molecular complexity index is 108. The zero-order valence-corrected chi connectivity index (χ0v) is 12.5. The number of hydrogen-bond acceptors (Lipinski definition) is 2.